The highest BCUT2D eigenvalue weighted by Crippen LogP contribution is 2.45. The second-order valence-electron chi connectivity index (χ2n) is 44.4. The number of thiophene rings is 1. The molecular weight excluding hydrogens is 1990 g/mol. The smallest absolute Gasteiger partial charge is 0.269 e. The van der Waals surface area contributed by atoms with E-state index in [1.807, 2.05) is 220 Å². The van der Waals surface area contributed by atoms with Crippen molar-refractivity contribution in [2.45, 2.75) is 285 Å². The number of carbonyl (C=O) groups excluding carboxylic acids is 9. The van der Waals surface area contributed by atoms with E-state index in [2.05, 4.69) is 69.4 Å². The molecule has 0 bridgehead atoms. The minimum Gasteiger partial charge on any atom is -0.497 e. The number of amides is 9. The highest BCUT2D eigenvalue weighted by atomic mass is 35.5. The lowest BCUT2D eigenvalue weighted by Gasteiger charge is -2.19. The molecule has 0 radical (unpaired) electrons. The van der Waals surface area contributed by atoms with Crippen LogP contribution in [0.2, 0.25) is 5.02 Å². The predicted molar refractivity (Wildman–Crippen MR) is 581 cm³/mol. The molecule has 3 fully saturated rings. The normalized spacial score (nSPS) is 13.7. The van der Waals surface area contributed by atoms with Gasteiger partial charge in [0.05, 0.1) is 51.5 Å². The molecule has 1 saturated heterocycles. The van der Waals surface area contributed by atoms with E-state index in [1.165, 1.54) is 91.1 Å². The topological polar surface area (TPSA) is 524 Å². The molecule has 0 spiro atoms. The van der Waals surface area contributed by atoms with Crippen LogP contribution in [0, 0.1) is 75.9 Å². The van der Waals surface area contributed by atoms with Crippen molar-refractivity contribution < 1.29 is 87.7 Å². The second kappa shape index (κ2) is 60.0. The SMILES string of the molecule is CC(C)(C)C(=O)NCC1CC1.CC(C)(C)C(=O)NCCc1cccc([N+](=O)[O-])c1.CC(C)(C)C(=O)NC[C@@H]1CCCO1.CC(C)(C)C(=O)NCc1cccc(Cl)c1.CC(C)(C)C(=O)NCc1cccs1.CC(C)(C)C(=O)NS(=O)(=O)Cc1ccccc1.CC(C)(C)c1nn[nH]n1.CC(C)C(=O)NC1(c2ccccc2)CC1.CC(C)C(=O)NS(=O)(=O)Cc1cccc([N+](=O)[O-])c1.COc1ccc(S(=O)(=O)NC(=O)C(C)(C)C)cc1. The first kappa shape index (κ1) is 132. The van der Waals surface area contributed by atoms with Gasteiger partial charge in [0.15, 0.2) is 5.82 Å². The van der Waals surface area contributed by atoms with Gasteiger partial charge in [-0.1, -0.05) is 314 Å². The van der Waals surface area contributed by atoms with E-state index in [0.717, 1.165) is 61.7 Å². The first-order valence-corrected chi connectivity index (χ1v) is 54.8. The van der Waals surface area contributed by atoms with Gasteiger partial charge in [0.2, 0.25) is 73.2 Å². The van der Waals surface area contributed by atoms with Crippen LogP contribution in [0.25, 0.3) is 0 Å². The number of benzene rings is 6. The van der Waals surface area contributed by atoms with E-state index in [0.29, 0.717) is 48.9 Å². The third-order valence-electron chi connectivity index (χ3n) is 21.0. The lowest BCUT2D eigenvalue weighted by atomic mass is 9.95. The number of hydrogen-bond acceptors (Lipinski definition) is 25. The van der Waals surface area contributed by atoms with Crippen LogP contribution < -0.4 is 50.8 Å². The summed E-state index contributed by atoms with van der Waals surface area (Å²) in [6, 6.07) is 48.0. The standard InChI is InChI=1S/C13H18N2O3.C13H17NO.C12H16ClNO.C12H17NO4S.C12H17NO3S.C11H14N2O5S.C10H19NO2.C10H15NOS.C9H17NO.C5H10N4/c1-13(2,3)12(16)14-8-7-10-5-4-6-11(9-10)15(17)18;1-10(2)12(15)14-13(8-9-13)11-6-4-3-5-7-11;1-12(2,3)11(15)14-8-9-5-4-6-10(13)7-9;1-12(2,3)11(14)13-18(15,16)10-7-5-9(17-4)6-8-10;1-12(2,3)11(14)13-17(15,16)9-10-7-5-4-6-8-10;1-8(2)11(14)12-19(17,18)7-9-4-3-5-10(6-9)13(15)16;2*1-10(2,3)9(12)11-7-8-5-4-6-13-8;1-9(2,3)8(11)10-6-7-4-5-7;1-5(2,3)4-6-8-9-7-4/h4-6,9H,7-8H2,1-3H3,(H,14,16);3-7,10H,8-9H2,1-2H3,(H,14,15);4-7H,8H2,1-3H3,(H,14,15);5-8H,1-4H3,(H,13,14);4-8H,9H2,1-3H3,(H,13,14);3-6,8H,7H2,1-2H3,(H,12,14);8H,4-7H2,1-3H3,(H,11,12);4-6H,7H2,1-3H3,(H,11,12);7H,4-6H2,1-3H3,(H,10,11);1-3H3,(H,6,7,8,9)/t;;;;;;8-;;;/m......0.../s1. The van der Waals surface area contributed by atoms with E-state index in [-0.39, 0.29) is 108 Å². The van der Waals surface area contributed by atoms with Crippen molar-refractivity contribution in [2.24, 2.45) is 55.7 Å². The van der Waals surface area contributed by atoms with Gasteiger partial charge in [-0.2, -0.15) is 5.21 Å². The Hall–Kier alpha value is -12.0. The van der Waals surface area contributed by atoms with Crippen molar-refractivity contribution in [3.8, 4) is 5.75 Å². The van der Waals surface area contributed by atoms with Gasteiger partial charge >= 0.3 is 0 Å². The molecule has 148 heavy (non-hydrogen) atoms. The Morgan fingerprint density at radius 2 is 0.912 bits per heavy atom. The highest BCUT2D eigenvalue weighted by Gasteiger charge is 2.46. The molecule has 41 heteroatoms. The number of tetrazole rings is 1. The monoisotopic (exact) mass is 2150 g/mol. The van der Waals surface area contributed by atoms with Crippen molar-refractivity contribution in [1.29, 1.82) is 0 Å². The van der Waals surface area contributed by atoms with Crippen molar-refractivity contribution >= 4 is 118 Å². The maximum Gasteiger partial charge on any atom is 0.269 e. The van der Waals surface area contributed by atoms with Crippen LogP contribution in [-0.4, -0.2) is 148 Å². The minimum atomic E-state index is -3.84. The number of halogens is 1. The summed E-state index contributed by atoms with van der Waals surface area (Å²) in [5.74, 6) is -0.0776. The quantitative estimate of drug-likeness (QED) is 0.0178. The number of rotatable bonds is 26. The molecule has 3 aliphatic rings. The Balaban J connectivity index is 0.000000559. The minimum absolute atomic E-state index is 0.00694. The molecule has 3 heterocycles. The predicted octanol–water partition coefficient (Wildman–Crippen LogP) is 18.0. The number of aromatic amines is 1. The fraction of sp³-hybridized carbons (Fsp3) is 0.533. The Bertz CT molecular complexity index is 5890. The van der Waals surface area contributed by atoms with Gasteiger partial charge in [-0.05, 0) is 127 Å². The molecule has 10 N–H and O–H groups in total. The van der Waals surface area contributed by atoms with Crippen LogP contribution >= 0.6 is 22.9 Å². The van der Waals surface area contributed by atoms with Crippen LogP contribution in [0.5, 0.6) is 5.75 Å². The molecule has 2 aliphatic carbocycles. The molecule has 6 aromatic carbocycles. The summed E-state index contributed by atoms with van der Waals surface area (Å²) in [5.41, 5.74) is 0.778. The Morgan fingerprint density at radius 3 is 1.33 bits per heavy atom. The maximum atomic E-state index is 11.9. The van der Waals surface area contributed by atoms with Crippen LogP contribution in [0.15, 0.2) is 180 Å². The zero-order chi connectivity index (χ0) is 113. The number of nitrogens with one attached hydrogen (secondary N) is 10. The Morgan fingerprint density at radius 1 is 0.480 bits per heavy atom. The zero-order valence-corrected chi connectivity index (χ0v) is 95.5. The zero-order valence-electron chi connectivity index (χ0n) is 91.5. The number of non-ortho nitro benzene ring substituents is 2. The summed E-state index contributed by atoms with van der Waals surface area (Å²) in [6.45, 7) is 55.6. The summed E-state index contributed by atoms with van der Waals surface area (Å²) >= 11 is 7.50. The van der Waals surface area contributed by atoms with Crippen molar-refractivity contribution in [1.82, 2.24) is 66.7 Å². The lowest BCUT2D eigenvalue weighted by Crippen LogP contribution is -2.39. The number of nitro benzene ring substituents is 2. The summed E-state index contributed by atoms with van der Waals surface area (Å²) in [4.78, 5) is 125. The summed E-state index contributed by atoms with van der Waals surface area (Å²) < 4.78 is 87.0. The van der Waals surface area contributed by atoms with E-state index in [1.54, 1.807) is 97.1 Å². The van der Waals surface area contributed by atoms with Gasteiger partial charge in [-0.25, -0.2) is 30.0 Å². The first-order chi connectivity index (χ1) is 68.0. The van der Waals surface area contributed by atoms with Crippen LogP contribution in [-0.2, 0) is 120 Å². The number of nitrogens with zero attached hydrogens (tertiary/aromatic N) is 5. The Labute approximate surface area is 885 Å². The fourth-order valence-electron chi connectivity index (χ4n) is 11.2. The maximum absolute atomic E-state index is 11.9. The molecular formula is C107H160ClN15O21S4. The lowest BCUT2D eigenvalue weighted by molar-refractivity contribution is -0.385. The van der Waals surface area contributed by atoms with Crippen LogP contribution in [0.4, 0.5) is 11.4 Å². The number of aromatic nitrogens is 4. The summed E-state index contributed by atoms with van der Waals surface area (Å²) in [7, 11) is -9.79. The largest absolute Gasteiger partial charge is 0.497 e. The molecule has 1 aliphatic heterocycles. The number of methoxy groups -OCH3 is 1. The average Bonchev–Trinajstić information content (AvgIpc) is 1.62. The number of hydrogen-bond donors (Lipinski definition) is 10. The van der Waals surface area contributed by atoms with E-state index < -0.39 is 85.6 Å². The molecule has 0 unspecified atom stereocenters. The number of nitro groups is 2. The fourth-order valence-corrected chi connectivity index (χ4v) is 15.7. The van der Waals surface area contributed by atoms with Gasteiger partial charge in [0.25, 0.3) is 21.4 Å². The number of ether oxygens (including phenoxy) is 2. The highest BCUT2D eigenvalue weighted by molar-refractivity contribution is 7.90. The van der Waals surface area contributed by atoms with Gasteiger partial charge in [0.1, 0.15) is 5.75 Å². The van der Waals surface area contributed by atoms with Gasteiger partial charge in [-0.3, -0.25) is 72.8 Å². The molecule has 11 rings (SSSR count). The molecule has 36 nitrogen and oxygen atoms in total. The molecule has 2 aromatic heterocycles. The summed E-state index contributed by atoms with van der Waals surface area (Å²) in [5, 5.41) is 55.0. The molecule has 1 atom stereocenters. The molecule has 820 valence electrons. The first-order valence-electron chi connectivity index (χ1n) is 48.8. The average molecular weight is 2160 g/mol. The van der Waals surface area contributed by atoms with Crippen LogP contribution in [0.3, 0.4) is 0 Å². The van der Waals surface area contributed by atoms with Crippen molar-refractivity contribution in [3.05, 3.63) is 239 Å². The van der Waals surface area contributed by atoms with E-state index in [4.69, 9.17) is 21.1 Å². The van der Waals surface area contributed by atoms with E-state index in [9.17, 15) is 88.6 Å². The molecule has 9 amide bonds. The Kier molecular flexibility index (Phi) is 53.6. The van der Waals surface area contributed by atoms with Crippen LogP contribution in [0.1, 0.15) is 271 Å². The molecule has 8 aromatic rings. The third kappa shape index (κ3) is 55.3. The van der Waals surface area contributed by atoms with Gasteiger partial charge in [0, 0.05) is 122 Å². The van der Waals surface area contributed by atoms with E-state index >= 15 is 0 Å². The molecule has 2 saturated carbocycles. The number of carbonyl (C=O) groups is 9. The third-order valence-corrected chi connectivity index (χ3v) is 25.9. The van der Waals surface area contributed by atoms with Gasteiger partial charge in [-0.15, -0.1) is 21.5 Å². The van der Waals surface area contributed by atoms with Crippen molar-refractivity contribution in [2.75, 3.05) is 33.4 Å². The number of sulfonamides is 3. The number of H-pyrrole nitrogens is 1. The van der Waals surface area contributed by atoms with Gasteiger partial charge < -0.3 is 41.4 Å². The summed E-state index contributed by atoms with van der Waals surface area (Å²) in [6.07, 6.45) is 7.75. The second-order valence-corrected chi connectivity index (χ2v) is 51.0. The van der Waals surface area contributed by atoms with Crippen molar-refractivity contribution in [3.63, 3.8) is 0 Å².